The van der Waals surface area contributed by atoms with Gasteiger partial charge in [0.15, 0.2) is 0 Å². The van der Waals surface area contributed by atoms with E-state index in [2.05, 4.69) is 15.0 Å². The van der Waals surface area contributed by atoms with Crippen molar-refractivity contribution in [2.24, 2.45) is 0 Å². The smallest absolute Gasteiger partial charge is 0.253 e. The molecule has 54 valence electrons. The van der Waals surface area contributed by atoms with Crippen molar-refractivity contribution < 1.29 is 5.21 Å². The van der Waals surface area contributed by atoms with Gasteiger partial charge in [0.2, 0.25) is 11.9 Å². The van der Waals surface area contributed by atoms with Crippen LogP contribution in [0.4, 0.5) is 17.8 Å². The van der Waals surface area contributed by atoms with Crippen LogP contribution in [-0.2, 0) is 0 Å². The Balaban J connectivity index is 3.06. The molecule has 1 heterocycles. The highest BCUT2D eigenvalue weighted by atomic mass is 16.5. The summed E-state index contributed by atoms with van der Waals surface area (Å²) >= 11 is 0. The zero-order valence-corrected chi connectivity index (χ0v) is 4.94. The van der Waals surface area contributed by atoms with Gasteiger partial charge in [-0.2, -0.15) is 15.0 Å². The second-order valence-electron chi connectivity index (χ2n) is 1.49. The number of rotatable bonds is 1. The summed E-state index contributed by atoms with van der Waals surface area (Å²) in [6.45, 7) is 0. The summed E-state index contributed by atoms with van der Waals surface area (Å²) in [6.07, 6.45) is 0. The summed E-state index contributed by atoms with van der Waals surface area (Å²) < 4.78 is 0. The lowest BCUT2D eigenvalue weighted by Crippen LogP contribution is -2.06. The van der Waals surface area contributed by atoms with Gasteiger partial charge in [-0.25, -0.2) is 5.48 Å². The molecule has 0 aromatic carbocycles. The van der Waals surface area contributed by atoms with Crippen LogP contribution in [0.25, 0.3) is 0 Å². The Bertz CT molecular complexity index is 216. The van der Waals surface area contributed by atoms with Crippen molar-refractivity contribution >= 4 is 17.8 Å². The fourth-order valence-electron chi connectivity index (χ4n) is 0.459. The van der Waals surface area contributed by atoms with Crippen LogP contribution in [-0.4, -0.2) is 20.2 Å². The van der Waals surface area contributed by atoms with Crippen molar-refractivity contribution in [3.05, 3.63) is 0 Å². The molecule has 1 rings (SSSR count). The predicted octanol–water partition coefficient (Wildman–Crippen LogP) is -1.16. The van der Waals surface area contributed by atoms with Crippen molar-refractivity contribution in [3.8, 4) is 0 Å². The largest absolute Gasteiger partial charge is 0.368 e. The first-order valence-corrected chi connectivity index (χ1v) is 2.39. The minimum Gasteiger partial charge on any atom is -0.368 e. The van der Waals surface area contributed by atoms with E-state index in [-0.39, 0.29) is 17.8 Å². The van der Waals surface area contributed by atoms with Gasteiger partial charge in [-0.1, -0.05) is 0 Å². The van der Waals surface area contributed by atoms with Crippen LogP contribution in [0.15, 0.2) is 0 Å². The molecular formula is C3H6N6O. The van der Waals surface area contributed by atoms with Crippen LogP contribution in [0.2, 0.25) is 0 Å². The van der Waals surface area contributed by atoms with E-state index >= 15 is 0 Å². The Morgan fingerprint density at radius 3 is 2.00 bits per heavy atom. The van der Waals surface area contributed by atoms with Crippen LogP contribution < -0.4 is 16.9 Å². The Kier molecular flexibility index (Phi) is 1.50. The predicted molar refractivity (Wildman–Crippen MR) is 34.1 cm³/mol. The number of hydrogen-bond acceptors (Lipinski definition) is 7. The first-order valence-electron chi connectivity index (χ1n) is 2.39. The monoisotopic (exact) mass is 142 g/mol. The summed E-state index contributed by atoms with van der Waals surface area (Å²) in [4.78, 5) is 10.4. The third-order valence-corrected chi connectivity index (χ3v) is 0.770. The SMILES string of the molecule is Nc1nc(N)nc(NO)n1. The minimum atomic E-state index is -0.0648. The number of nitrogens with one attached hydrogen (secondary N) is 1. The van der Waals surface area contributed by atoms with Crippen LogP contribution in [0.3, 0.4) is 0 Å². The van der Waals surface area contributed by atoms with Gasteiger partial charge in [0, 0.05) is 0 Å². The number of nitrogens with zero attached hydrogens (tertiary/aromatic N) is 3. The summed E-state index contributed by atoms with van der Waals surface area (Å²) in [5.74, 6) is -0.141. The molecule has 0 aliphatic heterocycles. The molecule has 1 aromatic rings. The maximum atomic E-state index is 8.27. The Hall–Kier alpha value is -1.63. The molecule has 0 saturated carbocycles. The number of nitrogens with two attached hydrogens (primary N) is 2. The van der Waals surface area contributed by atoms with E-state index < -0.39 is 0 Å². The van der Waals surface area contributed by atoms with Crippen LogP contribution in [0.1, 0.15) is 0 Å². The lowest BCUT2D eigenvalue weighted by Gasteiger charge is -1.97. The summed E-state index contributed by atoms with van der Waals surface area (Å²) in [6, 6.07) is 0. The molecule has 0 aliphatic rings. The van der Waals surface area contributed by atoms with Gasteiger partial charge in [-0.05, 0) is 0 Å². The van der Waals surface area contributed by atoms with Crippen molar-refractivity contribution in [2.45, 2.75) is 0 Å². The van der Waals surface area contributed by atoms with E-state index in [1.165, 1.54) is 0 Å². The van der Waals surface area contributed by atoms with E-state index in [9.17, 15) is 0 Å². The van der Waals surface area contributed by atoms with Crippen LogP contribution >= 0.6 is 0 Å². The van der Waals surface area contributed by atoms with E-state index in [4.69, 9.17) is 16.7 Å². The van der Waals surface area contributed by atoms with E-state index in [1.54, 1.807) is 5.48 Å². The molecule has 0 spiro atoms. The van der Waals surface area contributed by atoms with Gasteiger partial charge in [0.25, 0.3) is 5.95 Å². The maximum Gasteiger partial charge on any atom is 0.253 e. The third-order valence-electron chi connectivity index (χ3n) is 0.770. The molecule has 10 heavy (non-hydrogen) atoms. The van der Waals surface area contributed by atoms with Gasteiger partial charge in [0.05, 0.1) is 0 Å². The van der Waals surface area contributed by atoms with Gasteiger partial charge in [-0.3, -0.25) is 5.21 Å². The molecule has 7 heteroatoms. The van der Waals surface area contributed by atoms with Gasteiger partial charge in [0.1, 0.15) is 0 Å². The molecule has 0 bridgehead atoms. The summed E-state index contributed by atoms with van der Waals surface area (Å²) in [7, 11) is 0. The number of nitrogen functional groups attached to an aromatic ring is 2. The average molecular weight is 142 g/mol. The molecule has 0 amide bonds. The molecule has 0 fully saturated rings. The van der Waals surface area contributed by atoms with Gasteiger partial charge < -0.3 is 11.5 Å². The maximum absolute atomic E-state index is 8.27. The standard InChI is InChI=1S/C3H6N6O/c4-1-6-2(5)8-3(7-1)9-10/h10H,(H5,4,5,6,7,8,9). The highest BCUT2D eigenvalue weighted by molar-refractivity contribution is 5.35. The van der Waals surface area contributed by atoms with Crippen LogP contribution in [0, 0.1) is 0 Å². The minimum absolute atomic E-state index is 0.0379. The molecule has 0 atom stereocenters. The third kappa shape index (κ3) is 1.20. The fraction of sp³-hybridized carbons (Fsp3) is 0. The molecule has 1 aromatic heterocycles. The van der Waals surface area contributed by atoms with E-state index in [1.807, 2.05) is 0 Å². The Morgan fingerprint density at radius 2 is 1.60 bits per heavy atom. The van der Waals surface area contributed by atoms with Crippen molar-refractivity contribution in [2.75, 3.05) is 16.9 Å². The first-order chi connectivity index (χ1) is 4.72. The second-order valence-corrected chi connectivity index (χ2v) is 1.49. The number of hydrogen-bond donors (Lipinski definition) is 4. The molecule has 7 nitrogen and oxygen atoms in total. The lowest BCUT2D eigenvalue weighted by atomic mass is 10.8. The molecule has 0 aliphatic carbocycles. The highest BCUT2D eigenvalue weighted by Gasteiger charge is 1.97. The Labute approximate surface area is 56.1 Å². The van der Waals surface area contributed by atoms with Crippen molar-refractivity contribution in [1.29, 1.82) is 0 Å². The van der Waals surface area contributed by atoms with Gasteiger partial charge in [-0.15, -0.1) is 0 Å². The first kappa shape index (κ1) is 6.49. The Morgan fingerprint density at radius 1 is 1.10 bits per heavy atom. The van der Waals surface area contributed by atoms with Crippen LogP contribution in [0.5, 0.6) is 0 Å². The molecule has 0 saturated heterocycles. The molecule has 0 unspecified atom stereocenters. The van der Waals surface area contributed by atoms with Crippen molar-refractivity contribution in [3.63, 3.8) is 0 Å². The quantitative estimate of drug-likeness (QED) is 0.364. The number of aromatic nitrogens is 3. The van der Waals surface area contributed by atoms with Crippen molar-refractivity contribution in [1.82, 2.24) is 15.0 Å². The lowest BCUT2D eigenvalue weighted by molar-refractivity contribution is 0.382. The number of anilines is 3. The summed E-state index contributed by atoms with van der Waals surface area (Å²) in [5, 5.41) is 8.27. The normalized spacial score (nSPS) is 9.30. The van der Waals surface area contributed by atoms with E-state index in [0.29, 0.717) is 0 Å². The molecule has 6 N–H and O–H groups in total. The average Bonchev–Trinajstić information content (AvgIpc) is 1.85. The van der Waals surface area contributed by atoms with Gasteiger partial charge >= 0.3 is 0 Å². The zero-order chi connectivity index (χ0) is 7.56. The molecule has 0 radical (unpaired) electrons. The second kappa shape index (κ2) is 2.31. The topological polar surface area (TPSA) is 123 Å². The highest BCUT2D eigenvalue weighted by Crippen LogP contribution is 2.00. The summed E-state index contributed by atoms with van der Waals surface area (Å²) in [5.41, 5.74) is 12.0. The fourth-order valence-corrected chi connectivity index (χ4v) is 0.459. The molecular weight excluding hydrogens is 136 g/mol. The zero-order valence-electron chi connectivity index (χ0n) is 4.94. The van der Waals surface area contributed by atoms with E-state index in [0.717, 1.165) is 0 Å².